The molecule has 0 aliphatic carbocycles. The summed E-state index contributed by atoms with van der Waals surface area (Å²) in [7, 11) is 0. The third-order valence-electron chi connectivity index (χ3n) is 4.34. The molecular formula is C23H24N4O2. The number of aromatic nitrogens is 2. The number of nitrogens with zero attached hydrogens (tertiary/aromatic N) is 2. The number of carbonyl (C=O) groups excluding carboxylic acids is 2. The molecule has 148 valence electrons. The van der Waals surface area contributed by atoms with Gasteiger partial charge in [0.1, 0.15) is 0 Å². The monoisotopic (exact) mass is 388 g/mol. The molecule has 6 nitrogen and oxygen atoms in total. The maximum absolute atomic E-state index is 12.3. The third kappa shape index (κ3) is 5.97. The van der Waals surface area contributed by atoms with Crippen LogP contribution in [0.2, 0.25) is 0 Å². The lowest BCUT2D eigenvalue weighted by molar-refractivity contribution is -0.116. The molecule has 3 rings (SSSR count). The first-order valence-electron chi connectivity index (χ1n) is 9.48. The molecule has 2 aromatic carbocycles. The Morgan fingerprint density at radius 2 is 1.48 bits per heavy atom. The second-order valence-electron chi connectivity index (χ2n) is 7.02. The highest BCUT2D eigenvalue weighted by molar-refractivity contribution is 6.00. The summed E-state index contributed by atoms with van der Waals surface area (Å²) in [5, 5.41) is 5.98. The number of aryl methyl sites for hydroxylation is 3. The van der Waals surface area contributed by atoms with Crippen molar-refractivity contribution >= 4 is 29.0 Å². The summed E-state index contributed by atoms with van der Waals surface area (Å²) >= 11 is 0. The molecule has 0 unspecified atom stereocenters. The minimum Gasteiger partial charge on any atom is -0.326 e. The number of carbonyl (C=O) groups is 2. The lowest BCUT2D eigenvalue weighted by Gasteiger charge is -2.09. The van der Waals surface area contributed by atoms with E-state index in [4.69, 9.17) is 0 Å². The summed E-state index contributed by atoms with van der Waals surface area (Å²) in [4.78, 5) is 33.2. The van der Waals surface area contributed by atoms with Crippen molar-refractivity contribution < 1.29 is 9.59 Å². The molecule has 0 saturated carbocycles. The molecule has 0 bridgehead atoms. The van der Waals surface area contributed by atoms with Gasteiger partial charge in [0.05, 0.1) is 0 Å². The van der Waals surface area contributed by atoms with Crippen molar-refractivity contribution in [3.05, 3.63) is 77.1 Å². The van der Waals surface area contributed by atoms with E-state index in [1.165, 1.54) is 0 Å². The largest absolute Gasteiger partial charge is 0.326 e. The first-order valence-corrected chi connectivity index (χ1v) is 9.48. The summed E-state index contributed by atoms with van der Waals surface area (Å²) in [5.74, 6) is 0.266. The number of anilines is 3. The minimum absolute atomic E-state index is 0.0393. The van der Waals surface area contributed by atoms with Crippen molar-refractivity contribution in [3.63, 3.8) is 0 Å². The second kappa shape index (κ2) is 9.10. The van der Waals surface area contributed by atoms with Crippen LogP contribution >= 0.6 is 0 Å². The fourth-order valence-electron chi connectivity index (χ4n) is 2.92. The van der Waals surface area contributed by atoms with Gasteiger partial charge in [-0.3, -0.25) is 9.59 Å². The number of rotatable bonds is 7. The molecular weight excluding hydrogens is 364 g/mol. The smallest absolute Gasteiger partial charge is 0.227 e. The van der Waals surface area contributed by atoms with Gasteiger partial charge in [-0.2, -0.15) is 0 Å². The Balaban J connectivity index is 1.57. The molecule has 1 amide bonds. The Morgan fingerprint density at radius 1 is 0.828 bits per heavy atom. The average Bonchev–Trinajstić information content (AvgIpc) is 2.66. The predicted molar refractivity (Wildman–Crippen MR) is 115 cm³/mol. The molecule has 2 N–H and O–H groups in total. The van der Waals surface area contributed by atoms with Gasteiger partial charge >= 0.3 is 0 Å². The van der Waals surface area contributed by atoms with Crippen LogP contribution in [0.3, 0.4) is 0 Å². The van der Waals surface area contributed by atoms with Crippen LogP contribution in [0, 0.1) is 20.8 Å². The number of Topliss-reactive ketones (excluding diaryl/α,β-unsaturated/α-hetero) is 1. The van der Waals surface area contributed by atoms with Crippen LogP contribution in [0.25, 0.3) is 0 Å². The van der Waals surface area contributed by atoms with Crippen LogP contribution in [0.1, 0.15) is 40.2 Å². The fourth-order valence-corrected chi connectivity index (χ4v) is 2.92. The van der Waals surface area contributed by atoms with Gasteiger partial charge in [-0.05, 0) is 45.0 Å². The number of amides is 1. The molecule has 1 aromatic heterocycles. The summed E-state index contributed by atoms with van der Waals surface area (Å²) in [6, 6.07) is 16.6. The number of ketones is 1. The van der Waals surface area contributed by atoms with Crippen LogP contribution in [-0.4, -0.2) is 21.7 Å². The zero-order valence-electron chi connectivity index (χ0n) is 16.8. The lowest BCUT2D eigenvalue weighted by Crippen LogP contribution is -2.13. The van der Waals surface area contributed by atoms with Gasteiger partial charge in [-0.1, -0.05) is 35.9 Å². The van der Waals surface area contributed by atoms with E-state index in [9.17, 15) is 9.59 Å². The molecule has 29 heavy (non-hydrogen) atoms. The van der Waals surface area contributed by atoms with Crippen LogP contribution in [0.5, 0.6) is 0 Å². The van der Waals surface area contributed by atoms with Gasteiger partial charge in [0.2, 0.25) is 11.9 Å². The van der Waals surface area contributed by atoms with Crippen LogP contribution in [0.4, 0.5) is 17.3 Å². The van der Waals surface area contributed by atoms with Crippen molar-refractivity contribution in [1.82, 2.24) is 9.97 Å². The summed E-state index contributed by atoms with van der Waals surface area (Å²) in [5.41, 5.74) is 4.89. The minimum atomic E-state index is -0.203. The molecule has 0 aliphatic rings. The Hall–Kier alpha value is -3.54. The number of hydrogen-bond donors (Lipinski definition) is 2. The van der Waals surface area contributed by atoms with Gasteiger partial charge in [0, 0.05) is 41.2 Å². The van der Waals surface area contributed by atoms with E-state index in [1.807, 2.05) is 51.1 Å². The van der Waals surface area contributed by atoms with E-state index in [-0.39, 0.29) is 24.5 Å². The van der Waals surface area contributed by atoms with Crippen LogP contribution < -0.4 is 10.6 Å². The highest BCUT2D eigenvalue weighted by atomic mass is 16.2. The van der Waals surface area contributed by atoms with Crippen molar-refractivity contribution in [1.29, 1.82) is 0 Å². The number of hydrogen-bond acceptors (Lipinski definition) is 5. The Morgan fingerprint density at radius 3 is 2.17 bits per heavy atom. The highest BCUT2D eigenvalue weighted by Crippen LogP contribution is 2.19. The maximum Gasteiger partial charge on any atom is 0.227 e. The predicted octanol–water partition coefficient (Wildman–Crippen LogP) is 4.75. The Bertz CT molecular complexity index is 1010. The summed E-state index contributed by atoms with van der Waals surface area (Å²) in [6.07, 6.45) is 0.299. The van der Waals surface area contributed by atoms with E-state index < -0.39 is 0 Å². The van der Waals surface area contributed by atoms with Gasteiger partial charge in [0.25, 0.3) is 0 Å². The standard InChI is InChI=1S/C23H24N4O2/c1-15-7-9-18(10-8-15)21(28)11-12-22(29)26-19-5-4-6-20(14-19)27-23-24-16(2)13-17(3)25-23/h4-10,13-14H,11-12H2,1-3H3,(H,26,29)(H,24,25,27). The lowest BCUT2D eigenvalue weighted by atomic mass is 10.0. The van der Waals surface area contributed by atoms with E-state index in [0.29, 0.717) is 17.2 Å². The normalized spacial score (nSPS) is 10.4. The molecule has 0 saturated heterocycles. The van der Waals surface area contributed by atoms with E-state index in [0.717, 1.165) is 22.6 Å². The quantitative estimate of drug-likeness (QED) is 0.571. The van der Waals surface area contributed by atoms with Crippen molar-refractivity contribution in [2.75, 3.05) is 10.6 Å². The Kier molecular flexibility index (Phi) is 6.34. The zero-order chi connectivity index (χ0) is 20.8. The first kappa shape index (κ1) is 20.2. The number of nitrogens with one attached hydrogen (secondary N) is 2. The second-order valence-corrected chi connectivity index (χ2v) is 7.02. The summed E-state index contributed by atoms with van der Waals surface area (Å²) < 4.78 is 0. The molecule has 0 radical (unpaired) electrons. The molecule has 0 fully saturated rings. The topological polar surface area (TPSA) is 84.0 Å². The van der Waals surface area contributed by atoms with Crippen LogP contribution in [-0.2, 0) is 4.79 Å². The van der Waals surface area contributed by atoms with Crippen LogP contribution in [0.15, 0.2) is 54.6 Å². The molecule has 1 heterocycles. The summed E-state index contributed by atoms with van der Waals surface area (Å²) in [6.45, 7) is 5.79. The van der Waals surface area contributed by atoms with Gasteiger partial charge in [-0.15, -0.1) is 0 Å². The Labute approximate surface area is 170 Å². The van der Waals surface area contributed by atoms with E-state index in [2.05, 4.69) is 20.6 Å². The van der Waals surface area contributed by atoms with Crippen molar-refractivity contribution in [3.8, 4) is 0 Å². The van der Waals surface area contributed by atoms with E-state index in [1.54, 1.807) is 24.3 Å². The average molecular weight is 388 g/mol. The van der Waals surface area contributed by atoms with Gasteiger partial charge in [0.15, 0.2) is 5.78 Å². The zero-order valence-corrected chi connectivity index (χ0v) is 16.8. The molecule has 3 aromatic rings. The van der Waals surface area contributed by atoms with Gasteiger partial charge < -0.3 is 10.6 Å². The maximum atomic E-state index is 12.3. The highest BCUT2D eigenvalue weighted by Gasteiger charge is 2.10. The van der Waals surface area contributed by atoms with Crippen molar-refractivity contribution in [2.24, 2.45) is 0 Å². The van der Waals surface area contributed by atoms with E-state index >= 15 is 0 Å². The fraction of sp³-hybridized carbons (Fsp3) is 0.217. The number of benzene rings is 2. The molecule has 0 spiro atoms. The SMILES string of the molecule is Cc1ccc(C(=O)CCC(=O)Nc2cccc(Nc3nc(C)cc(C)n3)c2)cc1. The van der Waals surface area contributed by atoms with Crippen molar-refractivity contribution in [2.45, 2.75) is 33.6 Å². The third-order valence-corrected chi connectivity index (χ3v) is 4.34. The first-order chi connectivity index (χ1) is 13.9. The molecule has 0 atom stereocenters. The van der Waals surface area contributed by atoms with Gasteiger partial charge in [-0.25, -0.2) is 9.97 Å². The molecule has 0 aliphatic heterocycles. The molecule has 6 heteroatoms.